The van der Waals surface area contributed by atoms with Crippen molar-refractivity contribution in [2.24, 2.45) is 5.92 Å². The van der Waals surface area contributed by atoms with Crippen LogP contribution in [0.4, 0.5) is 0 Å². The lowest BCUT2D eigenvalue weighted by Gasteiger charge is -2.43. The molecule has 0 bridgehead atoms. The van der Waals surface area contributed by atoms with Gasteiger partial charge in [0.1, 0.15) is 5.72 Å². The smallest absolute Gasteiger partial charge is 0.245 e. The SMILES string of the molecule is O=C([C@@H]1CC=CCC1)N1CCC2(CC1)OCCN2S(=O)(=O)c1ccc(Cl)cc1. The molecule has 4 rings (SSSR count). The zero-order valence-corrected chi connectivity index (χ0v) is 17.3. The molecule has 1 amide bonds. The summed E-state index contributed by atoms with van der Waals surface area (Å²) in [5, 5.41) is 0.496. The van der Waals surface area contributed by atoms with Crippen LogP contribution in [0.2, 0.25) is 5.02 Å². The molecule has 1 spiro atoms. The predicted octanol–water partition coefficient (Wildman–Crippen LogP) is 3.04. The van der Waals surface area contributed by atoms with Crippen molar-refractivity contribution in [1.29, 1.82) is 0 Å². The van der Waals surface area contributed by atoms with Gasteiger partial charge < -0.3 is 9.64 Å². The van der Waals surface area contributed by atoms with Crippen LogP contribution < -0.4 is 0 Å². The molecule has 28 heavy (non-hydrogen) atoms. The number of nitrogens with zero attached hydrogens (tertiary/aromatic N) is 2. The number of carbonyl (C=O) groups excluding carboxylic acids is 1. The van der Waals surface area contributed by atoms with Crippen molar-refractivity contribution in [2.45, 2.75) is 42.7 Å². The molecule has 0 radical (unpaired) electrons. The van der Waals surface area contributed by atoms with Crippen molar-refractivity contribution in [3.05, 3.63) is 41.4 Å². The van der Waals surface area contributed by atoms with Crippen molar-refractivity contribution in [3.63, 3.8) is 0 Å². The van der Waals surface area contributed by atoms with Crippen LogP contribution in [0, 0.1) is 5.92 Å². The second kappa shape index (κ2) is 7.78. The van der Waals surface area contributed by atoms with Gasteiger partial charge in [0.15, 0.2) is 0 Å². The van der Waals surface area contributed by atoms with Gasteiger partial charge in [0.25, 0.3) is 0 Å². The largest absolute Gasteiger partial charge is 0.358 e. The molecule has 6 nitrogen and oxygen atoms in total. The van der Waals surface area contributed by atoms with Crippen LogP contribution in [0.25, 0.3) is 0 Å². The lowest BCUT2D eigenvalue weighted by molar-refractivity contribution is -0.144. The minimum absolute atomic E-state index is 0.0532. The molecule has 0 aromatic heterocycles. The highest BCUT2D eigenvalue weighted by Gasteiger charge is 2.51. The number of ether oxygens (including phenoxy) is 1. The van der Waals surface area contributed by atoms with Gasteiger partial charge in [-0.3, -0.25) is 4.79 Å². The molecule has 0 saturated carbocycles. The molecule has 152 valence electrons. The first-order valence-corrected chi connectivity index (χ1v) is 11.6. The summed E-state index contributed by atoms with van der Waals surface area (Å²) in [6.07, 6.45) is 7.84. The summed E-state index contributed by atoms with van der Waals surface area (Å²) in [5.74, 6) is 0.238. The second-order valence-corrected chi connectivity index (χ2v) is 9.93. The number of carbonyl (C=O) groups is 1. The van der Waals surface area contributed by atoms with Gasteiger partial charge in [-0.05, 0) is 43.5 Å². The van der Waals surface area contributed by atoms with E-state index < -0.39 is 15.7 Å². The molecular weight excluding hydrogens is 400 g/mol. The van der Waals surface area contributed by atoms with Gasteiger partial charge in [0.05, 0.1) is 11.5 Å². The van der Waals surface area contributed by atoms with Crippen LogP contribution in [0.5, 0.6) is 0 Å². The summed E-state index contributed by atoms with van der Waals surface area (Å²) < 4.78 is 33.8. The normalized spacial score (nSPS) is 25.3. The van der Waals surface area contributed by atoms with Crippen LogP contribution in [0.15, 0.2) is 41.3 Å². The maximum Gasteiger partial charge on any atom is 0.245 e. The lowest BCUT2D eigenvalue weighted by Crippen LogP contribution is -2.56. The Labute approximate surface area is 171 Å². The van der Waals surface area contributed by atoms with Gasteiger partial charge in [0, 0.05) is 43.4 Å². The van der Waals surface area contributed by atoms with Gasteiger partial charge in [0.2, 0.25) is 15.9 Å². The fourth-order valence-corrected chi connectivity index (χ4v) is 6.26. The highest BCUT2D eigenvalue weighted by Crippen LogP contribution is 2.39. The molecular formula is C20H25ClN2O4S. The van der Waals surface area contributed by atoms with E-state index in [1.165, 1.54) is 16.4 Å². The fourth-order valence-electron chi connectivity index (χ4n) is 4.41. The Bertz CT molecular complexity index is 861. The van der Waals surface area contributed by atoms with Crippen molar-refractivity contribution in [3.8, 4) is 0 Å². The van der Waals surface area contributed by atoms with E-state index in [2.05, 4.69) is 12.2 Å². The first-order chi connectivity index (χ1) is 13.4. The van der Waals surface area contributed by atoms with Gasteiger partial charge >= 0.3 is 0 Å². The van der Waals surface area contributed by atoms with Crippen LogP contribution >= 0.6 is 11.6 Å². The van der Waals surface area contributed by atoms with Gasteiger partial charge in [-0.2, -0.15) is 4.31 Å². The molecule has 1 aliphatic carbocycles. The standard InChI is InChI=1S/C20H25ClN2O4S/c21-17-6-8-18(9-7-17)28(25,26)23-14-15-27-20(23)10-12-22(13-11-20)19(24)16-4-2-1-3-5-16/h1-2,6-9,16H,3-5,10-15H2/t16-/m1/s1. The van der Waals surface area contributed by atoms with Crippen molar-refractivity contribution in [1.82, 2.24) is 9.21 Å². The van der Waals surface area contributed by atoms with Crippen molar-refractivity contribution >= 4 is 27.5 Å². The Morgan fingerprint density at radius 1 is 1.11 bits per heavy atom. The maximum absolute atomic E-state index is 13.2. The van der Waals surface area contributed by atoms with E-state index in [4.69, 9.17) is 16.3 Å². The van der Waals surface area contributed by atoms with E-state index in [0.29, 0.717) is 44.1 Å². The van der Waals surface area contributed by atoms with Crippen molar-refractivity contribution in [2.75, 3.05) is 26.2 Å². The molecule has 1 atom stereocenters. The highest BCUT2D eigenvalue weighted by molar-refractivity contribution is 7.89. The highest BCUT2D eigenvalue weighted by atomic mass is 35.5. The number of benzene rings is 1. The summed E-state index contributed by atoms with van der Waals surface area (Å²) in [6.45, 7) is 1.73. The number of piperidine rings is 1. The molecule has 2 aliphatic heterocycles. The van der Waals surface area contributed by atoms with Gasteiger partial charge in [-0.1, -0.05) is 23.8 Å². The number of likely N-dealkylation sites (tertiary alicyclic amines) is 1. The molecule has 3 aliphatic rings. The van der Waals surface area contributed by atoms with Crippen LogP contribution in [-0.2, 0) is 19.6 Å². The topological polar surface area (TPSA) is 66.9 Å². The number of halogens is 1. The van der Waals surface area contributed by atoms with E-state index in [1.54, 1.807) is 12.1 Å². The first kappa shape index (κ1) is 19.9. The Kier molecular flexibility index (Phi) is 5.53. The fraction of sp³-hybridized carbons (Fsp3) is 0.550. The van der Waals surface area contributed by atoms with E-state index in [-0.39, 0.29) is 16.7 Å². The molecule has 2 saturated heterocycles. The van der Waals surface area contributed by atoms with Crippen LogP contribution in [0.1, 0.15) is 32.1 Å². The number of sulfonamides is 1. The number of allylic oxidation sites excluding steroid dienone is 2. The first-order valence-electron chi connectivity index (χ1n) is 9.79. The summed E-state index contributed by atoms with van der Waals surface area (Å²) in [6, 6.07) is 6.22. The maximum atomic E-state index is 13.2. The zero-order valence-electron chi connectivity index (χ0n) is 15.7. The monoisotopic (exact) mass is 424 g/mol. The van der Waals surface area contributed by atoms with E-state index in [9.17, 15) is 13.2 Å². The molecule has 2 heterocycles. The third-order valence-electron chi connectivity index (χ3n) is 6.00. The van der Waals surface area contributed by atoms with E-state index in [1.807, 2.05) is 4.90 Å². The molecule has 2 fully saturated rings. The molecule has 0 N–H and O–H groups in total. The average Bonchev–Trinajstić information content (AvgIpc) is 3.13. The number of rotatable bonds is 3. The molecule has 1 aromatic rings. The van der Waals surface area contributed by atoms with E-state index in [0.717, 1.165) is 19.3 Å². The molecule has 1 aromatic carbocycles. The Hall–Kier alpha value is -1.41. The Morgan fingerprint density at radius 2 is 1.82 bits per heavy atom. The minimum atomic E-state index is -3.68. The number of amides is 1. The zero-order chi connectivity index (χ0) is 19.8. The minimum Gasteiger partial charge on any atom is -0.358 e. The third-order valence-corrected chi connectivity index (χ3v) is 8.21. The second-order valence-electron chi connectivity index (χ2n) is 7.63. The number of hydrogen-bond donors (Lipinski definition) is 0. The predicted molar refractivity (Wildman–Crippen MR) is 106 cm³/mol. The summed E-state index contributed by atoms with van der Waals surface area (Å²) >= 11 is 5.90. The van der Waals surface area contributed by atoms with E-state index >= 15 is 0 Å². The lowest BCUT2D eigenvalue weighted by atomic mass is 9.91. The third kappa shape index (κ3) is 3.61. The average molecular weight is 425 g/mol. The van der Waals surface area contributed by atoms with Crippen LogP contribution in [0.3, 0.4) is 0 Å². The van der Waals surface area contributed by atoms with Crippen molar-refractivity contribution < 1.29 is 17.9 Å². The molecule has 0 unspecified atom stereocenters. The summed E-state index contributed by atoms with van der Waals surface area (Å²) in [5.41, 5.74) is -0.859. The van der Waals surface area contributed by atoms with Gasteiger partial charge in [-0.25, -0.2) is 8.42 Å². The Morgan fingerprint density at radius 3 is 2.46 bits per heavy atom. The number of hydrogen-bond acceptors (Lipinski definition) is 4. The van der Waals surface area contributed by atoms with Gasteiger partial charge in [-0.15, -0.1) is 0 Å². The summed E-state index contributed by atoms with van der Waals surface area (Å²) in [4.78, 5) is 14.9. The van der Waals surface area contributed by atoms with Crippen LogP contribution in [-0.4, -0.2) is 55.5 Å². The Balaban J connectivity index is 1.48. The summed E-state index contributed by atoms with van der Waals surface area (Å²) in [7, 11) is -3.68. The quantitative estimate of drug-likeness (QED) is 0.699. The molecule has 8 heteroatoms.